The van der Waals surface area contributed by atoms with Gasteiger partial charge in [0.2, 0.25) is 11.8 Å². The molecule has 3 rings (SSSR count). The summed E-state index contributed by atoms with van der Waals surface area (Å²) in [6, 6.07) is 14.1. The van der Waals surface area contributed by atoms with E-state index in [1.807, 2.05) is 50.2 Å². The molecule has 0 saturated heterocycles. The Balaban J connectivity index is 2.06. The number of hydrazone groups is 1. The van der Waals surface area contributed by atoms with E-state index in [1.165, 1.54) is 11.9 Å². The van der Waals surface area contributed by atoms with Crippen LogP contribution in [-0.4, -0.2) is 36.8 Å². The van der Waals surface area contributed by atoms with Crippen molar-refractivity contribution in [1.29, 1.82) is 0 Å². The van der Waals surface area contributed by atoms with Crippen LogP contribution in [0.25, 0.3) is 0 Å². The van der Waals surface area contributed by atoms with Gasteiger partial charge in [0.15, 0.2) is 11.5 Å². The molecule has 0 spiro atoms. The maximum Gasteiger partial charge on any atom is 0.240 e. The van der Waals surface area contributed by atoms with Crippen LogP contribution in [0, 0.1) is 11.8 Å². The summed E-state index contributed by atoms with van der Waals surface area (Å²) in [7, 11) is 3.11. The summed E-state index contributed by atoms with van der Waals surface area (Å²) in [5.41, 5.74) is 2.10. The van der Waals surface area contributed by atoms with Crippen molar-refractivity contribution in [3.05, 3.63) is 54.1 Å². The van der Waals surface area contributed by atoms with Gasteiger partial charge in [-0.3, -0.25) is 9.59 Å². The second kappa shape index (κ2) is 8.98. The number of carbonyl (C=O) groups excluding carboxylic acids is 2. The molecule has 2 aromatic rings. The molecule has 0 bridgehead atoms. The molecule has 30 heavy (non-hydrogen) atoms. The van der Waals surface area contributed by atoms with Crippen molar-refractivity contribution >= 4 is 23.2 Å². The Labute approximate surface area is 176 Å². The van der Waals surface area contributed by atoms with Crippen LogP contribution < -0.4 is 14.8 Å². The van der Waals surface area contributed by atoms with Crippen LogP contribution in [0.5, 0.6) is 11.5 Å². The zero-order valence-electron chi connectivity index (χ0n) is 17.9. The highest BCUT2D eigenvalue weighted by Gasteiger charge is 2.45. The largest absolute Gasteiger partial charge is 0.493 e. The lowest BCUT2D eigenvalue weighted by Gasteiger charge is -2.27. The predicted octanol–water partition coefficient (Wildman–Crippen LogP) is 3.87. The molecule has 2 aromatic carbocycles. The fourth-order valence-electron chi connectivity index (χ4n) is 3.68. The summed E-state index contributed by atoms with van der Waals surface area (Å²) < 4.78 is 10.8. The lowest BCUT2D eigenvalue weighted by atomic mass is 9.84. The number of amides is 2. The Kier molecular flexibility index (Phi) is 6.40. The van der Waals surface area contributed by atoms with Gasteiger partial charge in [0.1, 0.15) is 5.92 Å². The topological polar surface area (TPSA) is 80.2 Å². The van der Waals surface area contributed by atoms with Gasteiger partial charge in [-0.25, -0.2) is 5.01 Å². The molecule has 1 heterocycles. The minimum absolute atomic E-state index is 0.0106. The Morgan fingerprint density at radius 3 is 2.27 bits per heavy atom. The number of ether oxygens (including phenoxy) is 2. The van der Waals surface area contributed by atoms with Gasteiger partial charge >= 0.3 is 0 Å². The van der Waals surface area contributed by atoms with Gasteiger partial charge in [-0.15, -0.1) is 0 Å². The molecule has 1 N–H and O–H groups in total. The lowest BCUT2D eigenvalue weighted by molar-refractivity contribution is -0.132. The molecule has 1 aliphatic heterocycles. The van der Waals surface area contributed by atoms with Crippen LogP contribution in [0.1, 0.15) is 32.4 Å². The zero-order valence-corrected chi connectivity index (χ0v) is 17.9. The standard InChI is InChI=1S/C23H27N3O4/c1-14(2)21-20(23(28)24-17-9-7-6-8-10-17)22(26(25-21)15(3)27)16-11-12-18(29-4)19(13-16)30-5/h6-14,20,22H,1-5H3,(H,24,28). The van der Waals surface area contributed by atoms with Gasteiger partial charge in [-0.05, 0) is 35.7 Å². The van der Waals surface area contributed by atoms with E-state index in [0.717, 1.165) is 5.56 Å². The predicted molar refractivity (Wildman–Crippen MR) is 116 cm³/mol. The summed E-state index contributed by atoms with van der Waals surface area (Å²) in [5.74, 6) is 0.0125. The number of benzene rings is 2. The Bertz CT molecular complexity index is 956. The first kappa shape index (κ1) is 21.4. The fourth-order valence-corrected chi connectivity index (χ4v) is 3.68. The van der Waals surface area contributed by atoms with Crippen molar-refractivity contribution in [3.63, 3.8) is 0 Å². The molecule has 2 amide bonds. The van der Waals surface area contributed by atoms with E-state index >= 15 is 0 Å². The third-order valence-corrected chi connectivity index (χ3v) is 5.11. The second-order valence-electron chi connectivity index (χ2n) is 7.44. The quantitative estimate of drug-likeness (QED) is 0.785. The normalized spacial score (nSPS) is 18.2. The van der Waals surface area contributed by atoms with Gasteiger partial charge in [0.05, 0.1) is 26.0 Å². The first-order valence-corrected chi connectivity index (χ1v) is 9.83. The highest BCUT2D eigenvalue weighted by atomic mass is 16.5. The molecule has 0 saturated carbocycles. The number of hydrogen-bond acceptors (Lipinski definition) is 5. The van der Waals surface area contributed by atoms with Crippen LogP contribution >= 0.6 is 0 Å². The van der Waals surface area contributed by atoms with Gasteiger partial charge < -0.3 is 14.8 Å². The van der Waals surface area contributed by atoms with Crippen molar-refractivity contribution in [2.75, 3.05) is 19.5 Å². The minimum Gasteiger partial charge on any atom is -0.493 e. The Hall–Kier alpha value is -3.35. The van der Waals surface area contributed by atoms with Crippen molar-refractivity contribution in [1.82, 2.24) is 5.01 Å². The van der Waals surface area contributed by atoms with Gasteiger partial charge in [0.25, 0.3) is 0 Å². The molecule has 0 radical (unpaired) electrons. The number of nitrogens with one attached hydrogen (secondary N) is 1. The van der Waals surface area contributed by atoms with Gasteiger partial charge in [-0.2, -0.15) is 5.10 Å². The Morgan fingerprint density at radius 2 is 1.70 bits per heavy atom. The summed E-state index contributed by atoms with van der Waals surface area (Å²) >= 11 is 0. The maximum atomic E-state index is 13.4. The monoisotopic (exact) mass is 409 g/mol. The van der Waals surface area contributed by atoms with Crippen LogP contribution in [0.2, 0.25) is 0 Å². The van der Waals surface area contributed by atoms with Crippen molar-refractivity contribution < 1.29 is 19.1 Å². The summed E-state index contributed by atoms with van der Waals surface area (Å²) in [5, 5.41) is 8.91. The number of para-hydroxylation sites is 1. The average molecular weight is 409 g/mol. The summed E-state index contributed by atoms with van der Waals surface area (Å²) in [4.78, 5) is 25.8. The lowest BCUT2D eigenvalue weighted by Crippen LogP contribution is -2.37. The SMILES string of the molecule is COc1ccc(C2C(C(=O)Nc3ccccc3)C(C(C)C)=NN2C(C)=O)cc1OC. The highest BCUT2D eigenvalue weighted by molar-refractivity contribution is 6.12. The second-order valence-corrected chi connectivity index (χ2v) is 7.44. The van der Waals surface area contributed by atoms with Crippen LogP contribution in [-0.2, 0) is 9.59 Å². The third-order valence-electron chi connectivity index (χ3n) is 5.11. The molecule has 2 atom stereocenters. The zero-order chi connectivity index (χ0) is 21.8. The molecule has 2 unspecified atom stereocenters. The molecule has 0 fully saturated rings. The number of hydrogen-bond donors (Lipinski definition) is 1. The minimum atomic E-state index is -0.632. The fraction of sp³-hybridized carbons (Fsp3) is 0.348. The maximum absolute atomic E-state index is 13.4. The third kappa shape index (κ3) is 4.15. The number of anilines is 1. The molecule has 0 aromatic heterocycles. The smallest absolute Gasteiger partial charge is 0.240 e. The first-order valence-electron chi connectivity index (χ1n) is 9.83. The van der Waals surface area contributed by atoms with E-state index in [1.54, 1.807) is 26.4 Å². The molecular weight excluding hydrogens is 382 g/mol. The Morgan fingerprint density at radius 1 is 1.03 bits per heavy atom. The van der Waals surface area contributed by atoms with E-state index in [2.05, 4.69) is 10.4 Å². The molecule has 0 aliphatic carbocycles. The van der Waals surface area contributed by atoms with Gasteiger partial charge in [0, 0.05) is 12.6 Å². The summed E-state index contributed by atoms with van der Waals surface area (Å²) in [6.07, 6.45) is 0. The molecule has 1 aliphatic rings. The van der Waals surface area contributed by atoms with Crippen molar-refractivity contribution in [2.24, 2.45) is 16.9 Å². The van der Waals surface area contributed by atoms with E-state index in [-0.39, 0.29) is 17.7 Å². The number of nitrogens with zero attached hydrogens (tertiary/aromatic N) is 2. The summed E-state index contributed by atoms with van der Waals surface area (Å²) in [6.45, 7) is 5.39. The van der Waals surface area contributed by atoms with Crippen LogP contribution in [0.4, 0.5) is 5.69 Å². The van der Waals surface area contributed by atoms with Gasteiger partial charge in [-0.1, -0.05) is 38.1 Å². The molecule has 158 valence electrons. The molecular formula is C23H27N3O4. The molecule has 7 heteroatoms. The van der Waals surface area contributed by atoms with Crippen LogP contribution in [0.15, 0.2) is 53.6 Å². The first-order chi connectivity index (χ1) is 14.4. The molecule has 7 nitrogen and oxygen atoms in total. The van der Waals surface area contributed by atoms with E-state index in [9.17, 15) is 9.59 Å². The number of methoxy groups -OCH3 is 2. The van der Waals surface area contributed by atoms with E-state index in [0.29, 0.717) is 22.9 Å². The number of rotatable bonds is 6. The van der Waals surface area contributed by atoms with E-state index in [4.69, 9.17) is 9.47 Å². The highest BCUT2D eigenvalue weighted by Crippen LogP contribution is 2.41. The van der Waals surface area contributed by atoms with Crippen LogP contribution in [0.3, 0.4) is 0 Å². The number of carbonyl (C=O) groups is 2. The van der Waals surface area contributed by atoms with Crippen molar-refractivity contribution in [2.45, 2.75) is 26.8 Å². The average Bonchev–Trinajstić information content (AvgIpc) is 3.15. The van der Waals surface area contributed by atoms with E-state index < -0.39 is 12.0 Å². The van der Waals surface area contributed by atoms with Crippen molar-refractivity contribution in [3.8, 4) is 11.5 Å².